The molecule has 1 N–H and O–H groups in total. The normalized spacial score (nSPS) is 15.7. The van der Waals surface area contributed by atoms with Crippen molar-refractivity contribution in [3.63, 3.8) is 0 Å². The number of amides is 1. The van der Waals surface area contributed by atoms with Crippen molar-refractivity contribution in [2.45, 2.75) is 65.5 Å². The number of nitrogens with zero attached hydrogens (tertiary/aromatic N) is 4. The van der Waals surface area contributed by atoms with E-state index in [1.807, 2.05) is 94.4 Å². The number of likely N-dealkylation sites (tertiary alicyclic amines) is 1. The number of thiazole rings is 1. The van der Waals surface area contributed by atoms with Gasteiger partial charge in [-0.2, -0.15) is 0 Å². The van der Waals surface area contributed by atoms with Crippen LogP contribution in [0.1, 0.15) is 77.6 Å². The summed E-state index contributed by atoms with van der Waals surface area (Å²) in [4.78, 5) is 53.1. The molecule has 0 radical (unpaired) electrons. The van der Waals surface area contributed by atoms with Crippen LogP contribution in [0.4, 0.5) is 10.9 Å². The summed E-state index contributed by atoms with van der Waals surface area (Å²) < 4.78 is 18.1. The summed E-state index contributed by atoms with van der Waals surface area (Å²) in [7, 11) is 1.43. The van der Waals surface area contributed by atoms with Crippen LogP contribution in [0.15, 0.2) is 72.8 Å². The molecule has 0 aliphatic carbocycles. The monoisotopic (exact) mass is 775 g/mol. The highest BCUT2D eigenvalue weighted by Crippen LogP contribution is 2.35. The zero-order valence-corrected chi connectivity index (χ0v) is 33.5. The van der Waals surface area contributed by atoms with Crippen LogP contribution in [0.2, 0.25) is 0 Å². The van der Waals surface area contributed by atoms with Crippen molar-refractivity contribution in [2.24, 2.45) is 5.92 Å². The summed E-state index contributed by atoms with van der Waals surface area (Å²) in [5, 5.41) is 3.57. The van der Waals surface area contributed by atoms with E-state index in [-0.39, 0.29) is 17.6 Å². The lowest BCUT2D eigenvalue weighted by Crippen LogP contribution is -2.33. The van der Waals surface area contributed by atoms with E-state index in [1.165, 1.54) is 18.4 Å². The van der Waals surface area contributed by atoms with Gasteiger partial charge in [-0.3, -0.25) is 19.8 Å². The first-order valence-electron chi connectivity index (χ1n) is 19.2. The van der Waals surface area contributed by atoms with Crippen molar-refractivity contribution in [1.82, 2.24) is 14.9 Å². The maximum absolute atomic E-state index is 13.9. The van der Waals surface area contributed by atoms with Gasteiger partial charge in [-0.25, -0.2) is 14.8 Å². The number of rotatable bonds is 12. The number of nitrogens with one attached hydrogen (secondary N) is 1. The lowest BCUT2D eigenvalue weighted by Gasteiger charge is -2.31. The minimum absolute atomic E-state index is 0.196. The van der Waals surface area contributed by atoms with Crippen molar-refractivity contribution in [3.05, 3.63) is 101 Å². The number of esters is 2. The number of carbonyl (C=O) groups excluding carboxylic acids is 3. The highest BCUT2D eigenvalue weighted by molar-refractivity contribution is 7.22. The van der Waals surface area contributed by atoms with Gasteiger partial charge in [0.1, 0.15) is 17.2 Å². The fraction of sp³-hybridized carbons (Fsp3) is 0.386. The molecular weight excluding hydrogens is 727 g/mol. The Hall–Kier alpha value is -5.33. The Morgan fingerprint density at radius 3 is 2.57 bits per heavy atom. The lowest BCUT2D eigenvalue weighted by atomic mass is 9.94. The number of carbonyl (C=O) groups is 3. The number of fused-ring (bicyclic) bond motifs is 2. The fourth-order valence-corrected chi connectivity index (χ4v) is 8.42. The molecule has 0 spiro atoms. The lowest BCUT2D eigenvalue weighted by molar-refractivity contribution is -0.141. The standard InChI is InChI=1S/C44H49N5O6S/c1-28-31(13-9-16-36(28)54-24-10-11-29-20-22-48(25-29)27-39(50)53-5)32-18-19-38(46-40(32)42(52)55-44(2,3)4)49-23-21-30-12-8-14-33(34(30)26-49)41(51)47-43-45-35-15-6-7-17-37(35)56-43/h6-9,12-19,29H,10-11,20-27H2,1-5H3,(H,45,47,51)/t29-/m0/s1. The third-order valence-electron chi connectivity index (χ3n) is 10.4. The summed E-state index contributed by atoms with van der Waals surface area (Å²) >= 11 is 1.45. The van der Waals surface area contributed by atoms with Gasteiger partial charge in [0, 0.05) is 30.8 Å². The molecule has 3 aromatic carbocycles. The number of aromatic nitrogens is 2. The summed E-state index contributed by atoms with van der Waals surface area (Å²) in [6.45, 7) is 11.4. The molecule has 12 heteroatoms. The number of para-hydroxylation sites is 1. The van der Waals surface area contributed by atoms with Crippen LogP contribution < -0.4 is 15.0 Å². The molecule has 0 unspecified atom stereocenters. The molecule has 1 saturated heterocycles. The Morgan fingerprint density at radius 1 is 0.946 bits per heavy atom. The molecule has 2 aliphatic heterocycles. The molecule has 1 amide bonds. The van der Waals surface area contributed by atoms with Crippen LogP contribution >= 0.6 is 11.3 Å². The topological polar surface area (TPSA) is 123 Å². The van der Waals surface area contributed by atoms with Crippen molar-refractivity contribution in [3.8, 4) is 16.9 Å². The minimum Gasteiger partial charge on any atom is -0.493 e. The van der Waals surface area contributed by atoms with Gasteiger partial charge in [-0.1, -0.05) is 47.7 Å². The second-order valence-electron chi connectivity index (χ2n) is 15.5. The SMILES string of the molecule is COC(=O)CN1CC[C@H](CCCOc2cccc(-c3ccc(N4CCc5cccc(C(=O)Nc6nc7ccccc7s6)c5C4)nc3C(=O)OC(C)(C)C)c2C)C1. The van der Waals surface area contributed by atoms with Gasteiger partial charge >= 0.3 is 11.9 Å². The summed E-state index contributed by atoms with van der Waals surface area (Å²) in [6.07, 6.45) is 3.69. The first kappa shape index (κ1) is 38.9. The highest BCUT2D eigenvalue weighted by atomic mass is 32.1. The molecule has 2 aromatic heterocycles. The third kappa shape index (κ3) is 9.03. The average Bonchev–Trinajstić information content (AvgIpc) is 3.81. The van der Waals surface area contributed by atoms with Crippen LogP contribution in [-0.4, -0.2) is 78.2 Å². The molecule has 2 aliphatic rings. The Labute approximate surface area is 332 Å². The number of anilines is 2. The van der Waals surface area contributed by atoms with Crippen LogP contribution in [0.3, 0.4) is 0 Å². The van der Waals surface area contributed by atoms with Gasteiger partial charge in [-0.05, 0) is 124 Å². The number of hydrogen-bond acceptors (Lipinski definition) is 11. The van der Waals surface area contributed by atoms with Crippen LogP contribution in [0.25, 0.3) is 21.3 Å². The van der Waals surface area contributed by atoms with E-state index in [1.54, 1.807) is 0 Å². The summed E-state index contributed by atoms with van der Waals surface area (Å²) in [5.74, 6) is 0.996. The Balaban J connectivity index is 1.09. The fourth-order valence-electron chi connectivity index (χ4n) is 7.56. The predicted octanol–water partition coefficient (Wildman–Crippen LogP) is 8.09. The minimum atomic E-state index is -0.725. The van der Waals surface area contributed by atoms with E-state index < -0.39 is 11.6 Å². The molecule has 292 valence electrons. The molecule has 1 atom stereocenters. The van der Waals surface area contributed by atoms with E-state index >= 15 is 0 Å². The highest BCUT2D eigenvalue weighted by Gasteiger charge is 2.28. The van der Waals surface area contributed by atoms with Crippen LogP contribution in [0.5, 0.6) is 5.75 Å². The predicted molar refractivity (Wildman–Crippen MR) is 220 cm³/mol. The number of ether oxygens (including phenoxy) is 3. The number of pyridine rings is 1. The first-order chi connectivity index (χ1) is 27.0. The maximum Gasteiger partial charge on any atom is 0.358 e. The number of methoxy groups -OCH3 is 1. The summed E-state index contributed by atoms with van der Waals surface area (Å²) in [6, 6.07) is 23.4. The zero-order valence-electron chi connectivity index (χ0n) is 32.7. The van der Waals surface area contributed by atoms with E-state index in [4.69, 9.17) is 19.2 Å². The van der Waals surface area contributed by atoms with Crippen molar-refractivity contribution >= 4 is 50.3 Å². The number of hydrogen-bond donors (Lipinski definition) is 1. The second kappa shape index (κ2) is 16.8. The molecular formula is C44H49N5O6S. The molecule has 0 saturated carbocycles. The van der Waals surface area contributed by atoms with E-state index in [9.17, 15) is 14.4 Å². The second-order valence-corrected chi connectivity index (χ2v) is 16.5. The van der Waals surface area contributed by atoms with E-state index in [0.717, 1.165) is 70.6 Å². The molecule has 4 heterocycles. The van der Waals surface area contributed by atoms with Crippen molar-refractivity contribution < 1.29 is 28.6 Å². The molecule has 5 aromatic rings. The van der Waals surface area contributed by atoms with Gasteiger partial charge in [0.05, 0.1) is 30.5 Å². The van der Waals surface area contributed by atoms with E-state index in [0.29, 0.717) is 60.7 Å². The van der Waals surface area contributed by atoms with Gasteiger partial charge in [0.15, 0.2) is 10.8 Å². The first-order valence-corrected chi connectivity index (χ1v) is 20.1. The largest absolute Gasteiger partial charge is 0.493 e. The van der Waals surface area contributed by atoms with Crippen LogP contribution in [-0.2, 0) is 27.2 Å². The Kier molecular flexibility index (Phi) is 11.7. The van der Waals surface area contributed by atoms with Gasteiger partial charge < -0.3 is 19.1 Å². The van der Waals surface area contributed by atoms with Crippen molar-refractivity contribution in [2.75, 3.05) is 50.1 Å². The maximum atomic E-state index is 13.9. The molecule has 56 heavy (non-hydrogen) atoms. The van der Waals surface area contributed by atoms with Gasteiger partial charge in [0.25, 0.3) is 5.91 Å². The number of benzene rings is 3. The molecule has 1 fully saturated rings. The third-order valence-corrected chi connectivity index (χ3v) is 11.3. The Morgan fingerprint density at radius 2 is 1.77 bits per heavy atom. The Bertz CT molecular complexity index is 2210. The molecule has 11 nitrogen and oxygen atoms in total. The van der Waals surface area contributed by atoms with Crippen molar-refractivity contribution in [1.29, 1.82) is 0 Å². The zero-order chi connectivity index (χ0) is 39.4. The average molecular weight is 776 g/mol. The van der Waals surface area contributed by atoms with Crippen LogP contribution in [0, 0.1) is 12.8 Å². The smallest absolute Gasteiger partial charge is 0.358 e. The quantitative estimate of drug-likeness (QED) is 0.0983. The van der Waals surface area contributed by atoms with E-state index in [2.05, 4.69) is 26.2 Å². The molecule has 0 bridgehead atoms. The summed E-state index contributed by atoms with van der Waals surface area (Å²) in [5.41, 5.74) is 5.39. The van der Waals surface area contributed by atoms with Gasteiger partial charge in [0.2, 0.25) is 0 Å². The van der Waals surface area contributed by atoms with Gasteiger partial charge in [-0.15, -0.1) is 0 Å². The molecule has 7 rings (SSSR count).